The summed E-state index contributed by atoms with van der Waals surface area (Å²) < 4.78 is 0. The fourth-order valence-electron chi connectivity index (χ4n) is 4.94. The predicted molar refractivity (Wildman–Crippen MR) is 102 cm³/mol. The maximum atomic E-state index is 12.9. The van der Waals surface area contributed by atoms with E-state index < -0.39 is 6.04 Å². The Morgan fingerprint density at radius 2 is 1.65 bits per heavy atom. The Kier molecular flexibility index (Phi) is 6.92. The Hall–Kier alpha value is -1.14. The molecule has 1 aliphatic heterocycles. The Balaban J connectivity index is 1.50. The molecule has 0 aromatic heterocycles. The van der Waals surface area contributed by atoms with Gasteiger partial charge in [0.05, 0.1) is 6.04 Å². The molecule has 0 bridgehead atoms. The topological polar surface area (TPSA) is 101 Å². The van der Waals surface area contributed by atoms with Crippen LogP contribution in [-0.2, 0) is 9.59 Å². The van der Waals surface area contributed by atoms with Gasteiger partial charge in [-0.25, -0.2) is 0 Å². The molecule has 6 nitrogen and oxygen atoms in total. The molecule has 3 fully saturated rings. The Morgan fingerprint density at radius 3 is 2.35 bits per heavy atom. The van der Waals surface area contributed by atoms with Crippen LogP contribution in [0.2, 0.25) is 0 Å². The smallest absolute Gasteiger partial charge is 0.242 e. The molecule has 0 aromatic rings. The summed E-state index contributed by atoms with van der Waals surface area (Å²) in [5.74, 6) is 0.792. The van der Waals surface area contributed by atoms with Gasteiger partial charge in [-0.15, -0.1) is 0 Å². The van der Waals surface area contributed by atoms with Crippen LogP contribution in [0, 0.1) is 11.8 Å². The molecule has 0 aromatic carbocycles. The number of hydrogen-bond acceptors (Lipinski definition) is 4. The molecule has 3 aliphatic rings. The van der Waals surface area contributed by atoms with Gasteiger partial charge >= 0.3 is 0 Å². The highest BCUT2D eigenvalue weighted by Crippen LogP contribution is 2.28. The summed E-state index contributed by atoms with van der Waals surface area (Å²) in [6.45, 7) is 1.37. The summed E-state index contributed by atoms with van der Waals surface area (Å²) in [7, 11) is 0. The molecule has 1 heterocycles. The largest absolute Gasteiger partial charge is 0.354 e. The van der Waals surface area contributed by atoms with Crippen molar-refractivity contribution in [2.75, 3.05) is 13.1 Å². The van der Waals surface area contributed by atoms with Crippen LogP contribution in [-0.4, -0.2) is 47.9 Å². The molecule has 0 spiro atoms. The van der Waals surface area contributed by atoms with E-state index >= 15 is 0 Å². The van der Waals surface area contributed by atoms with Crippen molar-refractivity contribution < 1.29 is 9.59 Å². The van der Waals surface area contributed by atoms with Crippen molar-refractivity contribution in [2.45, 2.75) is 88.8 Å². The molecule has 5 N–H and O–H groups in total. The van der Waals surface area contributed by atoms with E-state index in [0.717, 1.165) is 51.4 Å². The van der Waals surface area contributed by atoms with Crippen LogP contribution < -0.4 is 16.8 Å². The van der Waals surface area contributed by atoms with Crippen LogP contribution in [0.3, 0.4) is 0 Å². The molecule has 2 amide bonds. The van der Waals surface area contributed by atoms with Crippen molar-refractivity contribution >= 4 is 11.8 Å². The lowest BCUT2D eigenvalue weighted by Gasteiger charge is -2.32. The van der Waals surface area contributed by atoms with Gasteiger partial charge < -0.3 is 21.7 Å². The van der Waals surface area contributed by atoms with Crippen molar-refractivity contribution in [1.82, 2.24) is 10.2 Å². The number of carbonyl (C=O) groups excluding carboxylic acids is 2. The molecule has 0 unspecified atom stereocenters. The average Bonchev–Trinajstić information content (AvgIpc) is 3.16. The second-order valence-corrected chi connectivity index (χ2v) is 8.64. The fourth-order valence-corrected chi connectivity index (χ4v) is 4.94. The Morgan fingerprint density at radius 1 is 0.962 bits per heavy atom. The summed E-state index contributed by atoms with van der Waals surface area (Å²) in [5, 5.41) is 3.10. The van der Waals surface area contributed by atoms with Crippen LogP contribution in [0.5, 0.6) is 0 Å². The van der Waals surface area contributed by atoms with Crippen molar-refractivity contribution in [2.24, 2.45) is 23.3 Å². The number of nitrogens with two attached hydrogens (primary N) is 2. The van der Waals surface area contributed by atoms with Gasteiger partial charge in [0.25, 0.3) is 0 Å². The number of rotatable bonds is 5. The molecule has 0 radical (unpaired) electrons. The first-order chi connectivity index (χ1) is 12.6. The number of likely N-dealkylation sites (tertiary alicyclic amines) is 1. The molecule has 148 valence electrons. The predicted octanol–water partition coefficient (Wildman–Crippen LogP) is 1.52. The minimum atomic E-state index is -0.441. The van der Waals surface area contributed by atoms with Gasteiger partial charge in [0.15, 0.2) is 0 Å². The highest BCUT2D eigenvalue weighted by atomic mass is 16.2. The number of nitrogens with one attached hydrogen (secondary N) is 1. The zero-order valence-corrected chi connectivity index (χ0v) is 16.0. The lowest BCUT2D eigenvalue weighted by molar-refractivity contribution is -0.140. The second-order valence-electron chi connectivity index (χ2n) is 8.64. The first-order valence-electron chi connectivity index (χ1n) is 10.7. The third-order valence-electron chi connectivity index (χ3n) is 6.74. The summed E-state index contributed by atoms with van der Waals surface area (Å²) in [5.41, 5.74) is 12.3. The summed E-state index contributed by atoms with van der Waals surface area (Å²) >= 11 is 0. The SMILES string of the molecule is NC1CCC(CNC(=O)[C@@H]2CCCN2C(=O)[C@H](N)C2CCCCC2)CC1. The van der Waals surface area contributed by atoms with Gasteiger partial charge in [0.1, 0.15) is 6.04 Å². The molecular weight excluding hydrogens is 328 g/mol. The van der Waals surface area contributed by atoms with Gasteiger partial charge in [-0.1, -0.05) is 19.3 Å². The van der Waals surface area contributed by atoms with E-state index in [1.165, 1.54) is 19.3 Å². The average molecular weight is 365 g/mol. The second kappa shape index (κ2) is 9.18. The fraction of sp³-hybridized carbons (Fsp3) is 0.900. The quantitative estimate of drug-likeness (QED) is 0.688. The lowest BCUT2D eigenvalue weighted by Crippen LogP contribution is -2.53. The van der Waals surface area contributed by atoms with E-state index in [4.69, 9.17) is 11.5 Å². The summed E-state index contributed by atoms with van der Waals surface area (Å²) in [6, 6.07) is -0.447. The van der Waals surface area contributed by atoms with E-state index in [9.17, 15) is 9.59 Å². The Labute approximate surface area is 157 Å². The third-order valence-corrected chi connectivity index (χ3v) is 6.74. The highest BCUT2D eigenvalue weighted by molar-refractivity contribution is 5.90. The maximum Gasteiger partial charge on any atom is 0.242 e. The van der Waals surface area contributed by atoms with Gasteiger partial charge in [-0.2, -0.15) is 0 Å². The number of amides is 2. The number of hydrogen-bond donors (Lipinski definition) is 3. The standard InChI is InChI=1S/C20H36N4O2/c21-16-10-8-14(9-11-16)13-23-19(25)17-7-4-12-24(17)20(26)18(22)15-5-2-1-3-6-15/h14-18H,1-13,21-22H2,(H,23,25)/t14?,16?,17-,18+/m0/s1. The molecule has 2 atom stereocenters. The highest BCUT2D eigenvalue weighted by Gasteiger charge is 2.38. The molecule has 1 saturated heterocycles. The van der Waals surface area contributed by atoms with Crippen molar-refractivity contribution in [1.29, 1.82) is 0 Å². The number of nitrogens with zero attached hydrogens (tertiary/aromatic N) is 1. The molecule has 26 heavy (non-hydrogen) atoms. The molecule has 2 aliphatic carbocycles. The number of carbonyl (C=O) groups is 2. The van der Waals surface area contributed by atoms with Crippen molar-refractivity contribution in [3.8, 4) is 0 Å². The maximum absolute atomic E-state index is 12.9. The van der Waals surface area contributed by atoms with Crippen molar-refractivity contribution in [3.05, 3.63) is 0 Å². The van der Waals surface area contributed by atoms with Crippen LogP contribution in [0.25, 0.3) is 0 Å². The molecule has 3 rings (SSSR count). The minimum Gasteiger partial charge on any atom is -0.354 e. The molecular formula is C20H36N4O2. The van der Waals surface area contributed by atoms with E-state index in [0.29, 0.717) is 25.0 Å². The zero-order chi connectivity index (χ0) is 18.5. The van der Waals surface area contributed by atoms with Gasteiger partial charge in [0, 0.05) is 19.1 Å². The molecule has 6 heteroatoms. The van der Waals surface area contributed by atoms with Crippen LogP contribution >= 0.6 is 0 Å². The van der Waals surface area contributed by atoms with Crippen LogP contribution in [0.1, 0.15) is 70.6 Å². The minimum absolute atomic E-state index is 0.00145. The van der Waals surface area contributed by atoms with E-state index in [1.807, 2.05) is 0 Å². The first-order valence-corrected chi connectivity index (χ1v) is 10.7. The normalized spacial score (nSPS) is 31.6. The summed E-state index contributed by atoms with van der Waals surface area (Å²) in [6.07, 6.45) is 11.6. The van der Waals surface area contributed by atoms with E-state index in [2.05, 4.69) is 5.32 Å². The van der Waals surface area contributed by atoms with Gasteiger partial charge in [-0.3, -0.25) is 9.59 Å². The monoisotopic (exact) mass is 364 g/mol. The summed E-state index contributed by atoms with van der Waals surface area (Å²) in [4.78, 5) is 27.4. The lowest BCUT2D eigenvalue weighted by atomic mass is 9.83. The van der Waals surface area contributed by atoms with E-state index in [1.54, 1.807) is 4.90 Å². The van der Waals surface area contributed by atoms with E-state index in [-0.39, 0.29) is 23.8 Å². The first kappa shape index (κ1) is 19.6. The van der Waals surface area contributed by atoms with Gasteiger partial charge in [-0.05, 0) is 63.2 Å². The van der Waals surface area contributed by atoms with Crippen molar-refractivity contribution in [3.63, 3.8) is 0 Å². The zero-order valence-electron chi connectivity index (χ0n) is 16.0. The Bertz CT molecular complexity index is 484. The van der Waals surface area contributed by atoms with Crippen LogP contribution in [0.4, 0.5) is 0 Å². The third kappa shape index (κ3) is 4.77. The van der Waals surface area contributed by atoms with Crippen LogP contribution in [0.15, 0.2) is 0 Å². The molecule has 2 saturated carbocycles. The van der Waals surface area contributed by atoms with Gasteiger partial charge in [0.2, 0.25) is 11.8 Å².